The molecule has 6 amide bonds. The molecule has 10 aromatic rings. The van der Waals surface area contributed by atoms with Crippen LogP contribution < -0.4 is 37.7 Å². The van der Waals surface area contributed by atoms with Crippen molar-refractivity contribution in [2.45, 2.75) is 92.5 Å². The number of carboxylic acid groups (broad SMARTS) is 1. The Kier molecular flexibility index (Phi) is 22.9. The van der Waals surface area contributed by atoms with E-state index in [2.05, 4.69) is 60.2 Å². The van der Waals surface area contributed by atoms with Gasteiger partial charge in [0.2, 0.25) is 0 Å². The molecular formula is C76H74F2N12O8. The molecule has 4 heterocycles. The Hall–Kier alpha value is -12.0. The van der Waals surface area contributed by atoms with E-state index < -0.39 is 23.3 Å². The lowest BCUT2D eigenvalue weighted by molar-refractivity contribution is 0.0525. The predicted molar refractivity (Wildman–Crippen MR) is 376 cm³/mol. The van der Waals surface area contributed by atoms with Crippen LogP contribution in [0.5, 0.6) is 0 Å². The second-order valence-electron chi connectivity index (χ2n) is 24.7. The third-order valence-electron chi connectivity index (χ3n) is 15.3. The number of rotatable bonds is 16. The number of carbonyl (C=O) groups excluding carboxylic acids is 3. The Balaban J connectivity index is 0.000000229. The summed E-state index contributed by atoms with van der Waals surface area (Å²) in [5, 5.41) is 24.6. The van der Waals surface area contributed by atoms with Gasteiger partial charge < -0.3 is 41.3 Å². The number of aromatic nitrogens is 6. The van der Waals surface area contributed by atoms with E-state index in [4.69, 9.17) is 14.7 Å². The fourth-order valence-electron chi connectivity index (χ4n) is 10.4. The molecule has 0 aliphatic rings. The molecule has 22 heteroatoms. The molecule has 20 nitrogen and oxygen atoms in total. The van der Waals surface area contributed by atoms with Crippen molar-refractivity contribution in [3.8, 4) is 45.9 Å². The van der Waals surface area contributed by atoms with Gasteiger partial charge in [0.1, 0.15) is 28.9 Å². The van der Waals surface area contributed by atoms with Gasteiger partial charge in [-0.25, -0.2) is 37.9 Å². The van der Waals surface area contributed by atoms with Gasteiger partial charge in [-0.15, -0.1) is 0 Å². The van der Waals surface area contributed by atoms with Crippen LogP contribution in [0, 0.1) is 49.2 Å². The van der Waals surface area contributed by atoms with E-state index in [1.807, 2.05) is 54.6 Å². The van der Waals surface area contributed by atoms with Crippen molar-refractivity contribution in [3.63, 3.8) is 0 Å². The van der Waals surface area contributed by atoms with Crippen molar-refractivity contribution < 1.29 is 37.8 Å². The summed E-state index contributed by atoms with van der Waals surface area (Å²) in [5.41, 5.74) is 7.75. The molecule has 0 fully saturated rings. The largest absolute Gasteiger partial charge is 0.465 e. The molecule has 10 rings (SSSR count). The normalized spacial score (nSPS) is 11.0. The van der Waals surface area contributed by atoms with Crippen molar-refractivity contribution in [3.05, 3.63) is 248 Å². The van der Waals surface area contributed by atoms with E-state index in [0.29, 0.717) is 93.0 Å². The van der Waals surface area contributed by atoms with E-state index in [9.17, 15) is 42.7 Å². The molecule has 98 heavy (non-hydrogen) atoms. The molecule has 500 valence electrons. The maximum absolute atomic E-state index is 13.5. The predicted octanol–water partition coefficient (Wildman–Crippen LogP) is 12.6. The minimum absolute atomic E-state index is 0.129. The number of halogens is 2. The number of nitrogens with zero attached hydrogens (tertiary/aromatic N) is 7. The lowest BCUT2D eigenvalue weighted by atomic mass is 9.97. The highest BCUT2D eigenvalue weighted by molar-refractivity contribution is 5.93. The van der Waals surface area contributed by atoms with Crippen LogP contribution in [-0.2, 0) is 30.7 Å². The highest BCUT2D eigenvalue weighted by Crippen LogP contribution is 2.31. The molecule has 4 aromatic heterocycles. The van der Waals surface area contributed by atoms with Crippen molar-refractivity contribution in [1.29, 1.82) is 0 Å². The zero-order valence-electron chi connectivity index (χ0n) is 55.5. The zero-order chi connectivity index (χ0) is 70.1. The molecule has 0 radical (unpaired) electrons. The third kappa shape index (κ3) is 19.5. The summed E-state index contributed by atoms with van der Waals surface area (Å²) in [5.74, 6) is 12.7. The number of fused-ring (bicyclic) bond motifs is 2. The fourth-order valence-corrected chi connectivity index (χ4v) is 10.4. The standard InChI is InChI=1S/2C38H37FN6O4/c1-25-42-34-23-29(11-15-33(34)35(46)44(25)20-21-45(37(48)49)38(2,3)4)32-16-14-31(22-28(32)10-7-26-8-12-30(39)13-9-26)43-36(47)41-19-17-27-6-5-18-40-24-27;1-25-43-34-23-29(11-15-33(34)35(46)45(25)21-20-42-37(48)49-38(2,3)4)32-16-14-31(22-28(32)10-7-26-8-12-30(39)13-9-26)44-36(47)41-19-17-27-6-5-18-40-24-27/h5-6,8-9,11-16,18,22-24H,17,19-21H2,1-4H3,(H,48,49)(H2,41,43,47);5-6,8-9,11-16,18,22-24H,17,19-21H2,1-4H3,(H,42,48)(H2,41,44,47). The minimum atomic E-state index is -1.06. The van der Waals surface area contributed by atoms with Crippen molar-refractivity contribution >= 4 is 57.4 Å². The first-order chi connectivity index (χ1) is 46.8. The van der Waals surface area contributed by atoms with Gasteiger partial charge in [-0.2, -0.15) is 0 Å². The van der Waals surface area contributed by atoms with Crippen LogP contribution in [0.15, 0.2) is 180 Å². The maximum Gasteiger partial charge on any atom is 0.407 e. The highest BCUT2D eigenvalue weighted by Gasteiger charge is 2.26. The van der Waals surface area contributed by atoms with Gasteiger partial charge in [-0.05, 0) is 211 Å². The molecule has 0 unspecified atom stereocenters. The first-order valence-corrected chi connectivity index (χ1v) is 31.6. The van der Waals surface area contributed by atoms with Crippen LogP contribution in [0.3, 0.4) is 0 Å². The topological polar surface area (TPSA) is 257 Å². The van der Waals surface area contributed by atoms with Crippen LogP contribution in [0.1, 0.15) is 86.6 Å². The molecule has 0 atom stereocenters. The van der Waals surface area contributed by atoms with Crippen molar-refractivity contribution in [2.24, 2.45) is 0 Å². The number of hydrogen-bond acceptors (Lipinski definition) is 11. The summed E-state index contributed by atoms with van der Waals surface area (Å²) in [6, 6.07) is 40.0. The Bertz CT molecular complexity index is 4820. The second-order valence-corrected chi connectivity index (χ2v) is 24.7. The summed E-state index contributed by atoms with van der Waals surface area (Å²) in [7, 11) is 0. The Morgan fingerprint density at radius 2 is 1.00 bits per heavy atom. The maximum atomic E-state index is 13.5. The number of amides is 6. The lowest BCUT2D eigenvalue weighted by Gasteiger charge is -2.33. The minimum Gasteiger partial charge on any atom is -0.465 e. The van der Waals surface area contributed by atoms with Gasteiger partial charge in [-0.1, -0.05) is 60.1 Å². The van der Waals surface area contributed by atoms with Gasteiger partial charge in [0.25, 0.3) is 11.1 Å². The number of aryl methyl sites for hydroxylation is 2. The zero-order valence-corrected chi connectivity index (χ0v) is 55.5. The number of alkyl carbamates (subject to hydrolysis) is 1. The molecule has 0 aliphatic heterocycles. The third-order valence-corrected chi connectivity index (χ3v) is 15.3. The van der Waals surface area contributed by atoms with Gasteiger partial charge >= 0.3 is 24.2 Å². The number of nitrogens with one attached hydrogen (secondary N) is 5. The van der Waals surface area contributed by atoms with Crippen molar-refractivity contribution in [2.75, 3.05) is 36.8 Å². The number of hydrogen-bond donors (Lipinski definition) is 6. The smallest absolute Gasteiger partial charge is 0.407 e. The summed E-state index contributed by atoms with van der Waals surface area (Å²) < 4.78 is 35.3. The lowest BCUT2D eigenvalue weighted by Crippen LogP contribution is -2.47. The van der Waals surface area contributed by atoms with Gasteiger partial charge in [-0.3, -0.25) is 28.7 Å². The van der Waals surface area contributed by atoms with Crippen LogP contribution in [0.4, 0.5) is 39.3 Å². The monoisotopic (exact) mass is 1320 g/mol. The number of ether oxygens (including phenoxy) is 1. The molecular weight excluding hydrogens is 1250 g/mol. The molecule has 0 spiro atoms. The number of anilines is 2. The number of benzene rings is 6. The molecule has 0 bridgehead atoms. The fraction of sp³-hybridized carbons (Fsp3) is 0.237. The Labute approximate surface area is 565 Å². The molecule has 0 saturated heterocycles. The van der Waals surface area contributed by atoms with Crippen LogP contribution >= 0.6 is 0 Å². The molecule has 0 saturated carbocycles. The van der Waals surface area contributed by atoms with Crippen LogP contribution in [0.2, 0.25) is 0 Å². The van der Waals surface area contributed by atoms with E-state index in [0.717, 1.165) is 33.4 Å². The number of urea groups is 2. The highest BCUT2D eigenvalue weighted by atomic mass is 19.1. The summed E-state index contributed by atoms with van der Waals surface area (Å²) in [4.78, 5) is 95.1. The average molecular weight is 1320 g/mol. The summed E-state index contributed by atoms with van der Waals surface area (Å²) >= 11 is 0. The van der Waals surface area contributed by atoms with E-state index in [1.54, 1.807) is 147 Å². The van der Waals surface area contributed by atoms with E-state index in [1.165, 1.54) is 38.3 Å². The van der Waals surface area contributed by atoms with Gasteiger partial charge in [0, 0.05) is 103 Å². The molecule has 0 aliphatic carbocycles. The Morgan fingerprint density at radius 1 is 0.551 bits per heavy atom. The van der Waals surface area contributed by atoms with Gasteiger partial charge in [0.05, 0.1) is 21.8 Å². The molecule has 6 N–H and O–H groups in total. The van der Waals surface area contributed by atoms with E-state index in [-0.39, 0.29) is 61.0 Å². The number of pyridine rings is 2. The Morgan fingerprint density at radius 3 is 1.41 bits per heavy atom. The first-order valence-electron chi connectivity index (χ1n) is 31.6. The number of carbonyl (C=O) groups is 4. The van der Waals surface area contributed by atoms with Crippen LogP contribution in [-0.4, -0.2) is 101 Å². The quantitative estimate of drug-likeness (QED) is 0.0494. The average Bonchev–Trinajstić information content (AvgIpc) is 0.782. The summed E-state index contributed by atoms with van der Waals surface area (Å²) in [6.45, 7) is 15.8. The van der Waals surface area contributed by atoms with Gasteiger partial charge in [0.15, 0.2) is 0 Å². The first kappa shape index (κ1) is 70.3. The SMILES string of the molecule is Cc1nc2cc(-c3ccc(NC(=O)NCCc4cccnc4)cc3C#Cc3ccc(F)cc3)ccc2c(=O)n1CCN(C(=O)O)C(C)(C)C.Cc1nc2cc(-c3ccc(NC(=O)NCCc4cccnc4)cc3C#Cc3ccc(F)cc3)ccc2c(=O)n1CCNC(=O)OC(C)(C)C. The second kappa shape index (κ2) is 31.9. The molecule has 6 aromatic carbocycles. The van der Waals surface area contributed by atoms with E-state index >= 15 is 0 Å². The summed E-state index contributed by atoms with van der Waals surface area (Å²) in [6.07, 6.45) is 6.57. The van der Waals surface area contributed by atoms with Crippen LogP contribution in [0.25, 0.3) is 44.1 Å². The van der Waals surface area contributed by atoms with Crippen molar-refractivity contribution in [1.82, 2.24) is 49.9 Å².